The molecule has 4 heteroatoms. The van der Waals surface area contributed by atoms with E-state index in [9.17, 15) is 9.90 Å². The van der Waals surface area contributed by atoms with Gasteiger partial charge in [0.1, 0.15) is 0 Å². The number of pyridine rings is 1. The summed E-state index contributed by atoms with van der Waals surface area (Å²) in [6, 6.07) is 1.78. The third-order valence-electron chi connectivity index (χ3n) is 2.61. The maximum atomic E-state index is 11.9. The molecule has 0 aromatic carbocycles. The number of aromatic nitrogens is 1. The number of rotatable bonds is 5. The number of carbonyl (C=O) groups excluding carboxylic acids is 1. The van der Waals surface area contributed by atoms with Gasteiger partial charge < -0.3 is 10.4 Å². The van der Waals surface area contributed by atoms with Gasteiger partial charge >= 0.3 is 0 Å². The Morgan fingerprint density at radius 3 is 2.72 bits per heavy atom. The largest absolute Gasteiger partial charge is 0.388 e. The Morgan fingerprint density at radius 1 is 1.50 bits per heavy atom. The highest BCUT2D eigenvalue weighted by Crippen LogP contribution is 2.15. The molecule has 0 radical (unpaired) electrons. The van der Waals surface area contributed by atoms with Crippen molar-refractivity contribution in [2.24, 2.45) is 5.92 Å². The molecule has 0 bridgehead atoms. The van der Waals surface area contributed by atoms with Crippen molar-refractivity contribution in [1.82, 2.24) is 10.3 Å². The van der Waals surface area contributed by atoms with Crippen molar-refractivity contribution < 1.29 is 9.90 Å². The summed E-state index contributed by atoms with van der Waals surface area (Å²) in [4.78, 5) is 15.8. The van der Waals surface area contributed by atoms with Crippen LogP contribution in [0.15, 0.2) is 18.5 Å². The van der Waals surface area contributed by atoms with Gasteiger partial charge in [-0.15, -0.1) is 0 Å². The van der Waals surface area contributed by atoms with Crippen molar-refractivity contribution in [2.45, 2.75) is 39.7 Å². The van der Waals surface area contributed by atoms with Gasteiger partial charge in [-0.1, -0.05) is 13.8 Å². The number of aryl methyl sites for hydroxylation is 1. The average Bonchev–Trinajstić information content (AvgIpc) is 2.24. The fourth-order valence-corrected chi connectivity index (χ4v) is 2.00. The molecule has 0 fully saturated rings. The lowest BCUT2D eigenvalue weighted by atomic mass is 9.94. The van der Waals surface area contributed by atoms with Crippen LogP contribution in [-0.2, 0) is 0 Å². The van der Waals surface area contributed by atoms with Crippen molar-refractivity contribution in [3.05, 3.63) is 29.6 Å². The van der Waals surface area contributed by atoms with Crippen LogP contribution >= 0.6 is 0 Å². The number of nitrogens with zero attached hydrogens (tertiary/aromatic N) is 1. The van der Waals surface area contributed by atoms with Crippen LogP contribution in [0.25, 0.3) is 0 Å². The van der Waals surface area contributed by atoms with Gasteiger partial charge in [0.15, 0.2) is 0 Å². The Morgan fingerprint density at radius 2 is 2.17 bits per heavy atom. The lowest BCUT2D eigenvalue weighted by molar-refractivity contribution is 0.0368. The Labute approximate surface area is 108 Å². The van der Waals surface area contributed by atoms with Gasteiger partial charge in [0.05, 0.1) is 11.2 Å². The van der Waals surface area contributed by atoms with E-state index in [1.165, 1.54) is 6.20 Å². The topological polar surface area (TPSA) is 62.2 Å². The zero-order valence-electron chi connectivity index (χ0n) is 11.5. The summed E-state index contributed by atoms with van der Waals surface area (Å²) < 4.78 is 0. The Kier molecular flexibility index (Phi) is 4.84. The van der Waals surface area contributed by atoms with Gasteiger partial charge in [-0.2, -0.15) is 0 Å². The van der Waals surface area contributed by atoms with E-state index in [1.54, 1.807) is 19.2 Å². The van der Waals surface area contributed by atoms with Gasteiger partial charge in [0, 0.05) is 18.9 Å². The average molecular weight is 250 g/mol. The summed E-state index contributed by atoms with van der Waals surface area (Å²) >= 11 is 0. The van der Waals surface area contributed by atoms with Crippen LogP contribution in [-0.4, -0.2) is 28.1 Å². The molecule has 0 saturated heterocycles. The number of hydrogen-bond donors (Lipinski definition) is 2. The Hall–Kier alpha value is -1.42. The van der Waals surface area contributed by atoms with Gasteiger partial charge in [0.2, 0.25) is 0 Å². The molecule has 100 valence electrons. The summed E-state index contributed by atoms with van der Waals surface area (Å²) in [5, 5.41) is 12.8. The molecule has 0 saturated carbocycles. The van der Waals surface area contributed by atoms with Gasteiger partial charge in [0.25, 0.3) is 5.91 Å². The molecule has 2 N–H and O–H groups in total. The predicted octanol–water partition coefficient (Wildman–Crippen LogP) is 1.92. The fourth-order valence-electron chi connectivity index (χ4n) is 2.00. The monoisotopic (exact) mass is 250 g/mol. The lowest BCUT2D eigenvalue weighted by Gasteiger charge is -2.25. The van der Waals surface area contributed by atoms with E-state index in [-0.39, 0.29) is 12.5 Å². The first-order chi connectivity index (χ1) is 8.30. The maximum Gasteiger partial charge on any atom is 0.252 e. The molecule has 1 amide bonds. The summed E-state index contributed by atoms with van der Waals surface area (Å²) in [5.74, 6) is 0.188. The third-order valence-corrected chi connectivity index (χ3v) is 2.61. The minimum absolute atomic E-state index is 0.199. The Bertz CT molecular complexity index is 414. The minimum Gasteiger partial charge on any atom is -0.388 e. The molecular formula is C14H22N2O2. The van der Waals surface area contributed by atoms with E-state index in [1.807, 2.05) is 20.8 Å². The Balaban J connectivity index is 2.56. The van der Waals surface area contributed by atoms with Crippen LogP contribution < -0.4 is 5.32 Å². The highest BCUT2D eigenvalue weighted by atomic mass is 16.3. The second-order valence-electron chi connectivity index (χ2n) is 5.53. The molecule has 0 aliphatic rings. The van der Waals surface area contributed by atoms with Crippen LogP contribution in [0.3, 0.4) is 0 Å². The van der Waals surface area contributed by atoms with Crippen molar-refractivity contribution in [1.29, 1.82) is 0 Å². The van der Waals surface area contributed by atoms with Gasteiger partial charge in [-0.25, -0.2) is 0 Å². The number of hydrogen-bond acceptors (Lipinski definition) is 3. The molecule has 1 aromatic rings. The van der Waals surface area contributed by atoms with Crippen molar-refractivity contribution in [2.75, 3.05) is 6.54 Å². The van der Waals surface area contributed by atoms with Crippen molar-refractivity contribution in [3.63, 3.8) is 0 Å². The van der Waals surface area contributed by atoms with Crippen LogP contribution in [0.2, 0.25) is 0 Å². The number of carbonyl (C=O) groups is 1. The molecule has 0 aliphatic heterocycles. The van der Waals surface area contributed by atoms with E-state index in [4.69, 9.17) is 0 Å². The SMILES string of the molecule is Cc1cncc(C(=O)NCC(C)(O)CC(C)C)c1. The quantitative estimate of drug-likeness (QED) is 0.839. The molecule has 0 aliphatic carbocycles. The normalized spacial score (nSPS) is 14.3. The number of aliphatic hydroxyl groups is 1. The summed E-state index contributed by atoms with van der Waals surface area (Å²) in [6.07, 6.45) is 3.88. The summed E-state index contributed by atoms with van der Waals surface area (Å²) in [5.41, 5.74) is 0.591. The van der Waals surface area contributed by atoms with Gasteiger partial charge in [-0.3, -0.25) is 9.78 Å². The van der Waals surface area contributed by atoms with Crippen LogP contribution in [0.5, 0.6) is 0 Å². The summed E-state index contributed by atoms with van der Waals surface area (Å²) in [6.45, 7) is 7.96. The molecule has 0 spiro atoms. The minimum atomic E-state index is -0.874. The standard InChI is InChI=1S/C14H22N2O2/c1-10(2)6-14(4,18)9-16-13(17)12-5-11(3)7-15-8-12/h5,7-8,10,18H,6,9H2,1-4H3,(H,16,17). The van der Waals surface area contributed by atoms with Gasteiger partial charge in [-0.05, 0) is 37.8 Å². The number of amides is 1. The smallest absolute Gasteiger partial charge is 0.252 e. The third kappa shape index (κ3) is 4.84. The highest BCUT2D eigenvalue weighted by molar-refractivity contribution is 5.94. The molecule has 1 unspecified atom stereocenters. The van der Waals surface area contributed by atoms with E-state index >= 15 is 0 Å². The molecule has 1 aromatic heterocycles. The van der Waals surface area contributed by atoms with E-state index in [0.717, 1.165) is 5.56 Å². The second kappa shape index (κ2) is 5.96. The molecule has 1 atom stereocenters. The molecule has 1 heterocycles. The predicted molar refractivity (Wildman–Crippen MR) is 71.4 cm³/mol. The second-order valence-corrected chi connectivity index (χ2v) is 5.53. The maximum absolute atomic E-state index is 11.9. The summed E-state index contributed by atoms with van der Waals surface area (Å²) in [7, 11) is 0. The first-order valence-electron chi connectivity index (χ1n) is 6.22. The fraction of sp³-hybridized carbons (Fsp3) is 0.571. The molecule has 1 rings (SSSR count). The van der Waals surface area contributed by atoms with Crippen molar-refractivity contribution >= 4 is 5.91 Å². The van der Waals surface area contributed by atoms with Crippen LogP contribution in [0.1, 0.15) is 43.1 Å². The lowest BCUT2D eigenvalue weighted by Crippen LogP contribution is -2.41. The number of nitrogens with one attached hydrogen (secondary N) is 1. The zero-order chi connectivity index (χ0) is 13.8. The molecular weight excluding hydrogens is 228 g/mol. The van der Waals surface area contributed by atoms with E-state index in [2.05, 4.69) is 10.3 Å². The highest BCUT2D eigenvalue weighted by Gasteiger charge is 2.22. The van der Waals surface area contributed by atoms with E-state index < -0.39 is 5.60 Å². The zero-order valence-corrected chi connectivity index (χ0v) is 11.5. The first kappa shape index (κ1) is 14.6. The molecule has 18 heavy (non-hydrogen) atoms. The van der Waals surface area contributed by atoms with Crippen molar-refractivity contribution in [3.8, 4) is 0 Å². The van der Waals surface area contributed by atoms with Crippen LogP contribution in [0.4, 0.5) is 0 Å². The van der Waals surface area contributed by atoms with E-state index in [0.29, 0.717) is 17.9 Å². The van der Waals surface area contributed by atoms with Crippen LogP contribution in [0, 0.1) is 12.8 Å². The first-order valence-corrected chi connectivity index (χ1v) is 6.22. The molecule has 4 nitrogen and oxygen atoms in total.